The van der Waals surface area contributed by atoms with E-state index in [-0.39, 0.29) is 17.2 Å². The first kappa shape index (κ1) is 15.8. The number of amides is 1. The lowest BCUT2D eigenvalue weighted by Crippen LogP contribution is -2.36. The molecule has 1 atom stereocenters. The van der Waals surface area contributed by atoms with Crippen LogP contribution in [-0.2, 0) is 0 Å². The Morgan fingerprint density at radius 3 is 2.92 bits per heavy atom. The predicted octanol–water partition coefficient (Wildman–Crippen LogP) is 1.26. The normalized spacial score (nSPS) is 17.5. The second-order valence-corrected chi connectivity index (χ2v) is 5.61. The molecule has 9 nitrogen and oxygen atoms in total. The molecule has 0 aromatic carbocycles. The number of carbonyl (C=O) groups is 1. The molecular weight excluding hydrogens is 312 g/mol. The lowest BCUT2D eigenvalue weighted by atomic mass is 9.94. The van der Waals surface area contributed by atoms with Gasteiger partial charge < -0.3 is 10.6 Å². The highest BCUT2D eigenvalue weighted by Gasteiger charge is 2.27. The molecule has 3 heterocycles. The highest BCUT2D eigenvalue weighted by molar-refractivity contribution is 5.98. The fourth-order valence-electron chi connectivity index (χ4n) is 2.93. The molecule has 1 aliphatic heterocycles. The number of piperidine rings is 1. The van der Waals surface area contributed by atoms with E-state index < -0.39 is 10.8 Å². The zero-order valence-electron chi connectivity index (χ0n) is 12.8. The van der Waals surface area contributed by atoms with Crippen molar-refractivity contribution in [2.75, 3.05) is 18.0 Å². The van der Waals surface area contributed by atoms with Gasteiger partial charge in [-0.25, -0.2) is 15.0 Å². The molecule has 2 aromatic heterocycles. The molecule has 0 radical (unpaired) electrons. The number of nitrogens with zero attached hydrogens (tertiary/aromatic N) is 5. The summed E-state index contributed by atoms with van der Waals surface area (Å²) in [5.41, 5.74) is 6.12. The smallest absolute Gasteiger partial charge is 0.288 e. The molecule has 0 aliphatic carbocycles. The average Bonchev–Trinajstić information content (AvgIpc) is 2.62. The third-order valence-corrected chi connectivity index (χ3v) is 4.07. The number of pyridine rings is 1. The van der Waals surface area contributed by atoms with Crippen LogP contribution < -0.4 is 10.6 Å². The Hall–Kier alpha value is -3.10. The summed E-state index contributed by atoms with van der Waals surface area (Å²) >= 11 is 0. The molecule has 2 aromatic rings. The van der Waals surface area contributed by atoms with Gasteiger partial charge in [-0.05, 0) is 18.9 Å². The van der Waals surface area contributed by atoms with Gasteiger partial charge in [-0.3, -0.25) is 14.9 Å². The zero-order chi connectivity index (χ0) is 17.1. The molecule has 0 bridgehead atoms. The Morgan fingerprint density at radius 1 is 1.42 bits per heavy atom. The molecule has 1 amide bonds. The second-order valence-electron chi connectivity index (χ2n) is 5.61. The van der Waals surface area contributed by atoms with Crippen LogP contribution in [0, 0.1) is 10.1 Å². The third-order valence-electron chi connectivity index (χ3n) is 4.07. The Balaban J connectivity index is 1.90. The number of anilines is 1. The van der Waals surface area contributed by atoms with Crippen molar-refractivity contribution in [1.29, 1.82) is 0 Å². The number of aromatic nitrogens is 3. The van der Waals surface area contributed by atoms with Gasteiger partial charge in [0.1, 0.15) is 18.3 Å². The van der Waals surface area contributed by atoms with Gasteiger partial charge in [-0.15, -0.1) is 0 Å². The van der Waals surface area contributed by atoms with E-state index >= 15 is 0 Å². The number of nitrogens with two attached hydrogens (primary N) is 1. The Kier molecular flexibility index (Phi) is 4.32. The van der Waals surface area contributed by atoms with E-state index in [9.17, 15) is 14.9 Å². The standard InChI is InChI=1S/C15H16N6O3/c16-14(22)12-6-11(21(23)24)7-18-15(12)20-5-1-2-10(8-20)13-3-4-17-9-19-13/h3-4,6-7,9-10H,1-2,5,8H2,(H2,16,22)/t10-/m0/s1. The SMILES string of the molecule is NC(=O)c1cc([N+](=O)[O-])cnc1N1CCC[C@H](c2ccncn2)C1. The molecule has 24 heavy (non-hydrogen) atoms. The van der Waals surface area contributed by atoms with Crippen LogP contribution in [0.15, 0.2) is 30.9 Å². The Labute approximate surface area is 137 Å². The number of hydrogen-bond acceptors (Lipinski definition) is 7. The summed E-state index contributed by atoms with van der Waals surface area (Å²) in [6, 6.07) is 3.05. The van der Waals surface area contributed by atoms with Crippen LogP contribution in [0.4, 0.5) is 11.5 Å². The molecule has 2 N–H and O–H groups in total. The van der Waals surface area contributed by atoms with Crippen LogP contribution >= 0.6 is 0 Å². The Morgan fingerprint density at radius 2 is 2.25 bits per heavy atom. The Bertz CT molecular complexity index is 767. The van der Waals surface area contributed by atoms with Gasteiger partial charge in [-0.1, -0.05) is 0 Å². The van der Waals surface area contributed by atoms with Crippen LogP contribution in [0.5, 0.6) is 0 Å². The summed E-state index contributed by atoms with van der Waals surface area (Å²) in [6.07, 6.45) is 6.21. The van der Waals surface area contributed by atoms with Crippen molar-refractivity contribution in [3.63, 3.8) is 0 Å². The van der Waals surface area contributed by atoms with Crippen molar-refractivity contribution in [3.8, 4) is 0 Å². The van der Waals surface area contributed by atoms with Crippen molar-refractivity contribution in [3.05, 3.63) is 52.2 Å². The van der Waals surface area contributed by atoms with Crippen molar-refractivity contribution in [2.24, 2.45) is 5.73 Å². The minimum absolute atomic E-state index is 0.0625. The first-order valence-corrected chi connectivity index (χ1v) is 7.51. The molecule has 124 valence electrons. The topological polar surface area (TPSA) is 128 Å². The van der Waals surface area contributed by atoms with Crippen LogP contribution in [-0.4, -0.2) is 38.9 Å². The molecule has 9 heteroatoms. The van der Waals surface area contributed by atoms with E-state index in [1.54, 1.807) is 6.20 Å². The fourth-order valence-corrected chi connectivity index (χ4v) is 2.93. The first-order valence-electron chi connectivity index (χ1n) is 7.51. The lowest BCUT2D eigenvalue weighted by molar-refractivity contribution is -0.385. The minimum atomic E-state index is -0.731. The van der Waals surface area contributed by atoms with Crippen LogP contribution in [0.25, 0.3) is 0 Å². The first-order chi connectivity index (χ1) is 11.6. The maximum atomic E-state index is 11.7. The van der Waals surface area contributed by atoms with Gasteiger partial charge in [0.25, 0.3) is 11.6 Å². The van der Waals surface area contributed by atoms with Gasteiger partial charge in [-0.2, -0.15) is 0 Å². The van der Waals surface area contributed by atoms with Crippen LogP contribution in [0.2, 0.25) is 0 Å². The average molecular weight is 328 g/mol. The monoisotopic (exact) mass is 328 g/mol. The van der Waals surface area contributed by atoms with Gasteiger partial charge in [0, 0.05) is 37.0 Å². The minimum Gasteiger partial charge on any atom is -0.365 e. The van der Waals surface area contributed by atoms with Crippen molar-refractivity contribution >= 4 is 17.4 Å². The molecule has 0 unspecified atom stereocenters. The summed E-state index contributed by atoms with van der Waals surface area (Å²) in [7, 11) is 0. The molecule has 3 rings (SSSR count). The summed E-state index contributed by atoms with van der Waals surface area (Å²) < 4.78 is 0. The predicted molar refractivity (Wildman–Crippen MR) is 85.6 cm³/mol. The number of primary amides is 1. The quantitative estimate of drug-likeness (QED) is 0.661. The second kappa shape index (κ2) is 6.57. The van der Waals surface area contributed by atoms with Gasteiger partial charge in [0.2, 0.25) is 0 Å². The number of carbonyl (C=O) groups excluding carboxylic acids is 1. The third kappa shape index (κ3) is 3.14. The lowest BCUT2D eigenvalue weighted by Gasteiger charge is -2.33. The summed E-state index contributed by atoms with van der Waals surface area (Å²) in [5, 5.41) is 10.9. The van der Waals surface area contributed by atoms with Crippen LogP contribution in [0.1, 0.15) is 34.8 Å². The summed E-state index contributed by atoms with van der Waals surface area (Å²) in [4.78, 5) is 36.3. The molecule has 1 aliphatic rings. The van der Waals surface area contributed by atoms with Gasteiger partial charge >= 0.3 is 0 Å². The largest absolute Gasteiger partial charge is 0.365 e. The summed E-state index contributed by atoms with van der Waals surface area (Å²) in [6.45, 7) is 1.31. The van der Waals surface area contributed by atoms with Gasteiger partial charge in [0.05, 0.1) is 10.5 Å². The number of nitro groups is 1. The van der Waals surface area contributed by atoms with Gasteiger partial charge in [0.15, 0.2) is 0 Å². The van der Waals surface area contributed by atoms with E-state index in [4.69, 9.17) is 5.73 Å². The maximum Gasteiger partial charge on any atom is 0.288 e. The van der Waals surface area contributed by atoms with E-state index in [0.717, 1.165) is 24.7 Å². The van der Waals surface area contributed by atoms with Crippen molar-refractivity contribution < 1.29 is 9.72 Å². The zero-order valence-corrected chi connectivity index (χ0v) is 12.8. The van der Waals surface area contributed by atoms with E-state index in [2.05, 4.69) is 15.0 Å². The number of hydrogen-bond donors (Lipinski definition) is 1. The maximum absolute atomic E-state index is 11.7. The fraction of sp³-hybridized carbons (Fsp3) is 0.333. The van der Waals surface area contributed by atoms with Crippen molar-refractivity contribution in [1.82, 2.24) is 15.0 Å². The molecular formula is C15H16N6O3. The number of rotatable bonds is 4. The van der Waals surface area contributed by atoms with E-state index in [1.807, 2.05) is 11.0 Å². The molecule has 0 spiro atoms. The molecule has 0 saturated carbocycles. The summed E-state index contributed by atoms with van der Waals surface area (Å²) in [5.74, 6) is -0.170. The highest BCUT2D eigenvalue weighted by Crippen LogP contribution is 2.30. The van der Waals surface area contributed by atoms with Crippen LogP contribution in [0.3, 0.4) is 0 Å². The van der Waals surface area contributed by atoms with Crippen molar-refractivity contribution in [2.45, 2.75) is 18.8 Å². The molecule has 1 saturated heterocycles. The van der Waals surface area contributed by atoms with E-state index in [0.29, 0.717) is 18.9 Å². The highest BCUT2D eigenvalue weighted by atomic mass is 16.6. The molecule has 1 fully saturated rings. The van der Waals surface area contributed by atoms with E-state index in [1.165, 1.54) is 12.4 Å².